The average molecular weight is 331 g/mol. The first-order valence-electron chi connectivity index (χ1n) is 7.96. The van der Waals surface area contributed by atoms with Crippen molar-refractivity contribution in [1.29, 1.82) is 0 Å². The molecule has 0 fully saturated rings. The normalized spacial score (nSPS) is 17.7. The lowest BCUT2D eigenvalue weighted by atomic mass is 10.1. The largest absolute Gasteiger partial charge is 0.310 e. The van der Waals surface area contributed by atoms with Crippen LogP contribution < -0.4 is 10.9 Å². The lowest BCUT2D eigenvalue weighted by Gasteiger charge is -2.18. The van der Waals surface area contributed by atoms with Crippen LogP contribution in [0.25, 0.3) is 0 Å². The molecule has 5 nitrogen and oxygen atoms in total. The third-order valence-electron chi connectivity index (χ3n) is 4.27. The second-order valence-corrected chi connectivity index (χ2v) is 6.79. The van der Waals surface area contributed by atoms with Crippen molar-refractivity contribution in [2.45, 2.75) is 38.0 Å². The number of nitrogens with one attached hydrogen (secondary N) is 2. The Kier molecular flexibility index (Phi) is 4.61. The van der Waals surface area contributed by atoms with E-state index in [1.165, 1.54) is 11.8 Å². The Morgan fingerprint density at radius 2 is 1.91 bits per heavy atom. The van der Waals surface area contributed by atoms with Gasteiger partial charge in [-0.2, -0.15) is 0 Å². The maximum Gasteiger partial charge on any atom is 0.270 e. The smallest absolute Gasteiger partial charge is 0.270 e. The van der Waals surface area contributed by atoms with Gasteiger partial charge in [-0.3, -0.25) is 19.4 Å². The number of benzene rings is 1. The van der Waals surface area contributed by atoms with E-state index in [2.05, 4.69) is 24.3 Å². The average Bonchev–Trinajstić information content (AvgIpc) is 2.77. The number of hydrogen-bond acceptors (Lipinski definition) is 3. The molecular formula is C17H21N3O2S. The van der Waals surface area contributed by atoms with Gasteiger partial charge in [-0.15, -0.1) is 11.8 Å². The van der Waals surface area contributed by atoms with Gasteiger partial charge in [-0.25, -0.2) is 0 Å². The number of thioether (sulfide) groups is 1. The van der Waals surface area contributed by atoms with Crippen LogP contribution in [0.3, 0.4) is 0 Å². The van der Waals surface area contributed by atoms with Gasteiger partial charge in [0.1, 0.15) is 5.82 Å². The number of aromatic nitrogens is 2. The van der Waals surface area contributed by atoms with Crippen molar-refractivity contribution >= 4 is 23.5 Å². The van der Waals surface area contributed by atoms with E-state index < -0.39 is 0 Å². The SMILES string of the molecule is CCC(CC)n1[nH]c(=O)c2c1NC(=O)CSC2c1ccccc1. The van der Waals surface area contributed by atoms with Crippen LogP contribution in [-0.4, -0.2) is 21.4 Å². The summed E-state index contributed by atoms with van der Waals surface area (Å²) in [7, 11) is 0. The van der Waals surface area contributed by atoms with Crippen molar-refractivity contribution in [3.63, 3.8) is 0 Å². The number of carbonyl (C=O) groups is 1. The van der Waals surface area contributed by atoms with Crippen molar-refractivity contribution in [3.8, 4) is 0 Å². The molecule has 1 unspecified atom stereocenters. The molecule has 1 aromatic heterocycles. The van der Waals surface area contributed by atoms with Crippen molar-refractivity contribution in [3.05, 3.63) is 51.8 Å². The number of hydrogen-bond donors (Lipinski definition) is 2. The molecule has 3 rings (SSSR count). The fourth-order valence-corrected chi connectivity index (χ4v) is 4.19. The van der Waals surface area contributed by atoms with Crippen molar-refractivity contribution in [2.24, 2.45) is 0 Å². The monoisotopic (exact) mass is 331 g/mol. The molecule has 6 heteroatoms. The van der Waals surface area contributed by atoms with Crippen LogP contribution >= 0.6 is 11.8 Å². The summed E-state index contributed by atoms with van der Waals surface area (Å²) in [5.74, 6) is 0.914. The fraction of sp³-hybridized carbons (Fsp3) is 0.412. The molecule has 1 amide bonds. The summed E-state index contributed by atoms with van der Waals surface area (Å²) in [5, 5.41) is 5.74. The molecule has 1 aliphatic heterocycles. The molecule has 2 N–H and O–H groups in total. The minimum Gasteiger partial charge on any atom is -0.310 e. The van der Waals surface area contributed by atoms with E-state index in [0.29, 0.717) is 17.1 Å². The number of nitrogens with zero attached hydrogens (tertiary/aromatic N) is 1. The predicted octanol–water partition coefficient (Wildman–Crippen LogP) is 3.31. The summed E-state index contributed by atoms with van der Waals surface area (Å²) in [6.45, 7) is 4.17. The zero-order valence-electron chi connectivity index (χ0n) is 13.3. The quantitative estimate of drug-likeness (QED) is 0.903. The Bertz CT molecular complexity index is 747. The van der Waals surface area contributed by atoms with E-state index in [0.717, 1.165) is 18.4 Å². The number of fused-ring (bicyclic) bond motifs is 1. The first-order valence-corrected chi connectivity index (χ1v) is 9.01. The van der Waals surface area contributed by atoms with Crippen LogP contribution in [0.4, 0.5) is 5.82 Å². The fourth-order valence-electron chi connectivity index (χ4n) is 3.06. The van der Waals surface area contributed by atoms with Gasteiger partial charge in [0.2, 0.25) is 5.91 Å². The van der Waals surface area contributed by atoms with Gasteiger partial charge in [0.05, 0.1) is 22.6 Å². The number of carbonyl (C=O) groups excluding carboxylic acids is 1. The molecule has 0 bridgehead atoms. The topological polar surface area (TPSA) is 66.9 Å². The first-order chi connectivity index (χ1) is 11.2. The van der Waals surface area contributed by atoms with Crippen LogP contribution in [0.1, 0.15) is 49.1 Å². The van der Waals surface area contributed by atoms with Crippen molar-refractivity contribution in [1.82, 2.24) is 9.78 Å². The molecule has 23 heavy (non-hydrogen) atoms. The minimum atomic E-state index is -0.135. The minimum absolute atomic E-state index is 0.0617. The van der Waals surface area contributed by atoms with E-state index in [9.17, 15) is 9.59 Å². The molecule has 0 saturated carbocycles. The highest BCUT2D eigenvalue weighted by atomic mass is 32.2. The standard InChI is InChI=1S/C17H21N3O2S/c1-3-12(4-2)20-16-14(17(22)19-20)15(23-10-13(21)18-16)11-8-6-5-7-9-11/h5-9,12,15H,3-4,10H2,1-2H3,(H,18,21)(H,19,22). The Morgan fingerprint density at radius 3 is 2.57 bits per heavy atom. The van der Waals surface area contributed by atoms with E-state index in [-0.39, 0.29) is 22.8 Å². The predicted molar refractivity (Wildman–Crippen MR) is 94.0 cm³/mol. The van der Waals surface area contributed by atoms with Crippen LogP contribution in [0.5, 0.6) is 0 Å². The third kappa shape index (κ3) is 2.95. The van der Waals surface area contributed by atoms with Gasteiger partial charge in [-0.05, 0) is 18.4 Å². The summed E-state index contributed by atoms with van der Waals surface area (Å²) in [6, 6.07) is 10.1. The van der Waals surface area contributed by atoms with E-state index in [4.69, 9.17) is 0 Å². The molecule has 0 saturated heterocycles. The van der Waals surface area contributed by atoms with Crippen molar-refractivity contribution in [2.75, 3.05) is 11.1 Å². The van der Waals surface area contributed by atoms with Crippen LogP contribution in [-0.2, 0) is 4.79 Å². The Balaban J connectivity index is 2.16. The summed E-state index contributed by atoms with van der Waals surface area (Å²) in [4.78, 5) is 24.7. The van der Waals surface area contributed by atoms with Crippen LogP contribution in [0, 0.1) is 0 Å². The number of amides is 1. The lowest BCUT2D eigenvalue weighted by Crippen LogP contribution is -2.19. The molecule has 1 aromatic carbocycles. The summed E-state index contributed by atoms with van der Waals surface area (Å²) in [5.41, 5.74) is 1.58. The van der Waals surface area contributed by atoms with Crippen molar-refractivity contribution < 1.29 is 4.79 Å². The molecule has 0 spiro atoms. The molecule has 2 heterocycles. The Hall–Kier alpha value is -1.95. The van der Waals surface area contributed by atoms with Crippen LogP contribution in [0.2, 0.25) is 0 Å². The first kappa shape index (κ1) is 15.9. The zero-order valence-corrected chi connectivity index (χ0v) is 14.2. The molecule has 1 aliphatic rings. The second-order valence-electron chi connectivity index (χ2n) is 5.69. The summed E-state index contributed by atoms with van der Waals surface area (Å²) < 4.78 is 1.84. The van der Waals surface area contributed by atoms with Gasteiger partial charge in [0.15, 0.2) is 0 Å². The molecular weight excluding hydrogens is 310 g/mol. The Labute approximate surface area is 139 Å². The molecule has 1 atom stereocenters. The summed E-state index contributed by atoms with van der Waals surface area (Å²) >= 11 is 1.50. The highest BCUT2D eigenvalue weighted by molar-refractivity contribution is 8.00. The number of rotatable bonds is 4. The summed E-state index contributed by atoms with van der Waals surface area (Å²) in [6.07, 6.45) is 1.79. The van der Waals surface area contributed by atoms with E-state index in [1.54, 1.807) is 0 Å². The highest BCUT2D eigenvalue weighted by Gasteiger charge is 2.31. The van der Waals surface area contributed by atoms with Crippen LogP contribution in [0.15, 0.2) is 35.1 Å². The zero-order chi connectivity index (χ0) is 16.4. The maximum atomic E-state index is 12.6. The lowest BCUT2D eigenvalue weighted by molar-refractivity contribution is -0.113. The van der Waals surface area contributed by atoms with Gasteiger partial charge < -0.3 is 5.32 Å². The van der Waals surface area contributed by atoms with Gasteiger partial charge in [-0.1, -0.05) is 44.2 Å². The second kappa shape index (κ2) is 6.66. The maximum absolute atomic E-state index is 12.6. The third-order valence-corrected chi connectivity index (χ3v) is 5.54. The van der Waals surface area contributed by atoms with Gasteiger partial charge >= 0.3 is 0 Å². The van der Waals surface area contributed by atoms with E-state index >= 15 is 0 Å². The molecule has 0 aliphatic carbocycles. The Morgan fingerprint density at radius 1 is 1.22 bits per heavy atom. The van der Waals surface area contributed by atoms with Gasteiger partial charge in [0, 0.05) is 0 Å². The van der Waals surface area contributed by atoms with Gasteiger partial charge in [0.25, 0.3) is 5.56 Å². The van der Waals surface area contributed by atoms with E-state index in [1.807, 2.05) is 35.0 Å². The number of H-pyrrole nitrogens is 1. The highest BCUT2D eigenvalue weighted by Crippen LogP contribution is 2.40. The molecule has 2 aromatic rings. The number of anilines is 1. The molecule has 0 radical (unpaired) electrons. The molecule has 122 valence electrons. The number of aromatic amines is 1.